The predicted molar refractivity (Wildman–Crippen MR) is 84.3 cm³/mol. The third-order valence-electron chi connectivity index (χ3n) is 3.94. The first-order valence-corrected chi connectivity index (χ1v) is 7.32. The maximum Gasteiger partial charge on any atom is 0.145 e. The van der Waals surface area contributed by atoms with Gasteiger partial charge in [0.25, 0.3) is 0 Å². The molecule has 0 aliphatic carbocycles. The summed E-state index contributed by atoms with van der Waals surface area (Å²) >= 11 is 0. The van der Waals surface area contributed by atoms with Crippen LogP contribution in [0.25, 0.3) is 10.9 Å². The molecule has 0 aliphatic rings. The second-order valence-electron chi connectivity index (χ2n) is 5.37. The molecule has 2 unspecified atom stereocenters. The average Bonchev–Trinajstić information content (AvgIpc) is 2.47. The predicted octanol–water partition coefficient (Wildman–Crippen LogP) is 3.56. The number of hydrogen-bond acceptors (Lipinski definition) is 3. The molecule has 2 rings (SSSR count). The highest BCUT2D eigenvalue weighted by Gasteiger charge is 2.15. The van der Waals surface area contributed by atoms with E-state index >= 15 is 0 Å². The number of hydrogen-bond donors (Lipinski definition) is 1. The monoisotopic (exact) mass is 272 g/mol. The third-order valence-corrected chi connectivity index (χ3v) is 3.94. The largest absolute Gasteiger partial charge is 0.490 e. The van der Waals surface area contributed by atoms with E-state index in [9.17, 15) is 0 Å². The Bertz CT molecular complexity index is 568. The lowest BCUT2D eigenvalue weighted by Gasteiger charge is -2.22. The van der Waals surface area contributed by atoms with Crippen LogP contribution in [0.5, 0.6) is 5.75 Å². The summed E-state index contributed by atoms with van der Waals surface area (Å²) in [6.45, 7) is 7.12. The summed E-state index contributed by atoms with van der Waals surface area (Å²) in [5.74, 6) is 1.46. The van der Waals surface area contributed by atoms with Gasteiger partial charge >= 0.3 is 0 Å². The number of nitrogens with one attached hydrogen (secondary N) is 1. The van der Waals surface area contributed by atoms with Gasteiger partial charge in [0, 0.05) is 17.1 Å². The topological polar surface area (TPSA) is 34.1 Å². The molecule has 1 aromatic heterocycles. The molecule has 1 aromatic carbocycles. The molecule has 0 saturated heterocycles. The fraction of sp³-hybridized carbons (Fsp3) is 0.471. The summed E-state index contributed by atoms with van der Waals surface area (Å²) in [6.07, 6.45) is 1.14. The normalized spacial score (nSPS) is 14.2. The minimum atomic E-state index is 0.361. The Labute approximate surface area is 121 Å². The van der Waals surface area contributed by atoms with Gasteiger partial charge in [-0.1, -0.05) is 38.5 Å². The van der Waals surface area contributed by atoms with Gasteiger partial charge in [-0.15, -0.1) is 0 Å². The second-order valence-corrected chi connectivity index (χ2v) is 5.37. The quantitative estimate of drug-likeness (QED) is 0.873. The number of aryl methyl sites for hydroxylation is 1. The van der Waals surface area contributed by atoms with Crippen molar-refractivity contribution in [1.29, 1.82) is 0 Å². The molecule has 20 heavy (non-hydrogen) atoms. The Kier molecular flexibility index (Phi) is 4.96. The molecule has 1 heterocycles. The number of likely N-dealkylation sites (N-methyl/N-ethyl adjacent to an activating group) is 1. The molecule has 0 bridgehead atoms. The van der Waals surface area contributed by atoms with Gasteiger partial charge in [0.2, 0.25) is 0 Å². The first-order valence-electron chi connectivity index (χ1n) is 7.32. The van der Waals surface area contributed by atoms with Crippen molar-refractivity contribution in [1.82, 2.24) is 10.3 Å². The van der Waals surface area contributed by atoms with Crippen LogP contribution in [0.1, 0.15) is 26.0 Å². The van der Waals surface area contributed by atoms with Crippen molar-refractivity contribution in [2.75, 3.05) is 13.7 Å². The molecular formula is C17H24N2O. The summed E-state index contributed by atoms with van der Waals surface area (Å²) in [7, 11) is 1.99. The first-order chi connectivity index (χ1) is 9.65. The number of fused-ring (bicyclic) bond motifs is 1. The molecule has 1 N–H and O–H groups in total. The first kappa shape index (κ1) is 14.8. The second kappa shape index (κ2) is 6.71. The Hall–Kier alpha value is -1.61. The van der Waals surface area contributed by atoms with E-state index in [0.717, 1.165) is 28.8 Å². The van der Waals surface area contributed by atoms with Crippen molar-refractivity contribution in [3.63, 3.8) is 0 Å². The molecule has 0 spiro atoms. The van der Waals surface area contributed by atoms with Crippen molar-refractivity contribution in [2.45, 2.75) is 33.2 Å². The number of para-hydroxylation sites is 1. The van der Waals surface area contributed by atoms with Crippen LogP contribution >= 0.6 is 0 Å². The van der Waals surface area contributed by atoms with Crippen LogP contribution in [0.15, 0.2) is 30.3 Å². The molecule has 2 aromatic rings. The van der Waals surface area contributed by atoms with Crippen LogP contribution in [0.3, 0.4) is 0 Å². The van der Waals surface area contributed by atoms with Gasteiger partial charge in [0.15, 0.2) is 0 Å². The molecule has 0 amide bonds. The lowest BCUT2D eigenvalue weighted by molar-refractivity contribution is 0.230. The zero-order valence-electron chi connectivity index (χ0n) is 12.8. The fourth-order valence-corrected chi connectivity index (χ4v) is 2.33. The summed E-state index contributed by atoms with van der Waals surface area (Å²) in [4.78, 5) is 4.60. The molecule has 2 atom stereocenters. The number of rotatable bonds is 6. The van der Waals surface area contributed by atoms with Crippen LogP contribution in [0.2, 0.25) is 0 Å². The maximum absolute atomic E-state index is 6.03. The summed E-state index contributed by atoms with van der Waals surface area (Å²) in [5.41, 5.74) is 1.96. The van der Waals surface area contributed by atoms with E-state index in [0.29, 0.717) is 18.6 Å². The van der Waals surface area contributed by atoms with Gasteiger partial charge in [-0.25, -0.2) is 4.98 Å². The Morgan fingerprint density at radius 3 is 2.75 bits per heavy atom. The highest BCUT2D eigenvalue weighted by molar-refractivity contribution is 5.84. The fourth-order valence-electron chi connectivity index (χ4n) is 2.33. The van der Waals surface area contributed by atoms with E-state index in [4.69, 9.17) is 4.74 Å². The molecule has 3 heteroatoms. The van der Waals surface area contributed by atoms with E-state index in [-0.39, 0.29) is 0 Å². The third kappa shape index (κ3) is 3.28. The number of pyridine rings is 1. The zero-order valence-corrected chi connectivity index (χ0v) is 12.8. The SMILES string of the molecule is CCC(C)C(COc1cccc2ccc(C)nc12)NC. The molecule has 0 radical (unpaired) electrons. The molecule has 0 saturated carbocycles. The molecule has 0 fully saturated rings. The average molecular weight is 272 g/mol. The number of benzene rings is 1. The van der Waals surface area contributed by atoms with E-state index in [1.165, 1.54) is 0 Å². The van der Waals surface area contributed by atoms with Crippen molar-refractivity contribution in [2.24, 2.45) is 5.92 Å². The Balaban J connectivity index is 2.19. The van der Waals surface area contributed by atoms with E-state index in [1.807, 2.05) is 32.2 Å². The van der Waals surface area contributed by atoms with Crippen LogP contribution in [0, 0.1) is 12.8 Å². The summed E-state index contributed by atoms with van der Waals surface area (Å²) < 4.78 is 6.03. The van der Waals surface area contributed by atoms with Gasteiger partial charge in [0.1, 0.15) is 17.9 Å². The van der Waals surface area contributed by atoms with Crippen molar-refractivity contribution in [3.8, 4) is 5.75 Å². The van der Waals surface area contributed by atoms with Gasteiger partial charge in [-0.05, 0) is 32.0 Å². The Morgan fingerprint density at radius 1 is 1.25 bits per heavy atom. The van der Waals surface area contributed by atoms with Gasteiger partial charge in [0.05, 0.1) is 0 Å². The van der Waals surface area contributed by atoms with Gasteiger partial charge in [-0.3, -0.25) is 0 Å². The lowest BCUT2D eigenvalue weighted by atomic mass is 10.0. The van der Waals surface area contributed by atoms with E-state index < -0.39 is 0 Å². The van der Waals surface area contributed by atoms with Crippen LogP contribution in [-0.2, 0) is 0 Å². The lowest BCUT2D eigenvalue weighted by Crippen LogP contribution is -2.37. The minimum Gasteiger partial charge on any atom is -0.490 e. The highest BCUT2D eigenvalue weighted by atomic mass is 16.5. The Morgan fingerprint density at radius 2 is 2.05 bits per heavy atom. The molecule has 0 aliphatic heterocycles. The standard InChI is InChI=1S/C17H24N2O/c1-5-12(2)15(18-4)11-20-16-8-6-7-14-10-9-13(3)19-17(14)16/h6-10,12,15,18H,5,11H2,1-4H3. The van der Waals surface area contributed by atoms with Crippen molar-refractivity contribution < 1.29 is 4.74 Å². The zero-order chi connectivity index (χ0) is 14.5. The van der Waals surface area contributed by atoms with Crippen LogP contribution in [-0.4, -0.2) is 24.7 Å². The minimum absolute atomic E-state index is 0.361. The highest BCUT2D eigenvalue weighted by Crippen LogP contribution is 2.24. The summed E-state index contributed by atoms with van der Waals surface area (Å²) in [5, 5.41) is 4.46. The maximum atomic E-state index is 6.03. The number of nitrogens with zero attached hydrogens (tertiary/aromatic N) is 1. The molecule has 3 nitrogen and oxygen atoms in total. The van der Waals surface area contributed by atoms with Crippen LogP contribution in [0.4, 0.5) is 0 Å². The van der Waals surface area contributed by atoms with Crippen molar-refractivity contribution >= 4 is 10.9 Å². The van der Waals surface area contributed by atoms with Gasteiger partial charge in [-0.2, -0.15) is 0 Å². The van der Waals surface area contributed by atoms with Gasteiger partial charge < -0.3 is 10.1 Å². The van der Waals surface area contributed by atoms with Crippen LogP contribution < -0.4 is 10.1 Å². The van der Waals surface area contributed by atoms with Crippen molar-refractivity contribution in [3.05, 3.63) is 36.0 Å². The smallest absolute Gasteiger partial charge is 0.145 e. The number of aromatic nitrogens is 1. The summed E-state index contributed by atoms with van der Waals surface area (Å²) in [6, 6.07) is 10.6. The molecular weight excluding hydrogens is 248 g/mol. The number of ether oxygens (including phenoxy) is 1. The van der Waals surface area contributed by atoms with E-state index in [2.05, 4.69) is 36.3 Å². The van der Waals surface area contributed by atoms with E-state index in [1.54, 1.807) is 0 Å². The molecule has 108 valence electrons.